The van der Waals surface area contributed by atoms with E-state index >= 15 is 0 Å². The first kappa shape index (κ1) is 28.9. The third-order valence-corrected chi connectivity index (χ3v) is 6.98. The number of methoxy groups -OCH3 is 1. The SMILES string of the molecule is COc1ccc(C(C)(C)C)cc1/C(O)=C1\C(=O)C(=O)N(CCc2ccc(F)cc2)C1c1ccc(OC(C)C)cc1. The Morgan fingerprint density at radius 3 is 2.23 bits per heavy atom. The Kier molecular flexibility index (Phi) is 8.33. The molecule has 6 nitrogen and oxygen atoms in total. The second kappa shape index (κ2) is 11.5. The summed E-state index contributed by atoms with van der Waals surface area (Å²) in [6, 6.07) is 17.9. The summed E-state index contributed by atoms with van der Waals surface area (Å²) in [7, 11) is 1.50. The van der Waals surface area contributed by atoms with E-state index in [1.165, 1.54) is 24.1 Å². The molecule has 1 atom stereocenters. The van der Waals surface area contributed by atoms with Crippen molar-refractivity contribution in [1.82, 2.24) is 4.90 Å². The molecule has 4 rings (SSSR count). The number of nitrogens with zero attached hydrogens (tertiary/aromatic N) is 1. The van der Waals surface area contributed by atoms with Gasteiger partial charge in [0, 0.05) is 6.54 Å². The van der Waals surface area contributed by atoms with Crippen molar-refractivity contribution in [3.63, 3.8) is 0 Å². The molecule has 0 bridgehead atoms. The molecular formula is C33H36FNO5. The summed E-state index contributed by atoms with van der Waals surface area (Å²) in [4.78, 5) is 28.4. The lowest BCUT2D eigenvalue weighted by Crippen LogP contribution is -2.31. The van der Waals surface area contributed by atoms with Gasteiger partial charge in [-0.2, -0.15) is 0 Å². The maximum Gasteiger partial charge on any atom is 0.295 e. The monoisotopic (exact) mass is 545 g/mol. The maximum atomic E-state index is 13.5. The molecule has 1 saturated heterocycles. The highest BCUT2D eigenvalue weighted by Crippen LogP contribution is 2.42. The summed E-state index contributed by atoms with van der Waals surface area (Å²) < 4.78 is 24.8. The molecule has 0 aliphatic carbocycles. The van der Waals surface area contributed by atoms with Crippen LogP contribution < -0.4 is 9.47 Å². The van der Waals surface area contributed by atoms with Gasteiger partial charge in [0.25, 0.3) is 11.7 Å². The van der Waals surface area contributed by atoms with Crippen LogP contribution in [0.2, 0.25) is 0 Å². The van der Waals surface area contributed by atoms with Crippen LogP contribution in [0.25, 0.3) is 5.76 Å². The van der Waals surface area contributed by atoms with Gasteiger partial charge in [-0.1, -0.05) is 51.1 Å². The Bertz CT molecular complexity index is 1420. The number of likely N-dealkylation sites (tertiary alicyclic amines) is 1. The number of ketones is 1. The first-order valence-electron chi connectivity index (χ1n) is 13.4. The van der Waals surface area contributed by atoms with E-state index in [1.54, 1.807) is 48.5 Å². The molecule has 0 aromatic heterocycles. The van der Waals surface area contributed by atoms with Crippen molar-refractivity contribution in [2.45, 2.75) is 58.6 Å². The number of aliphatic hydroxyl groups excluding tert-OH is 1. The van der Waals surface area contributed by atoms with E-state index in [1.807, 2.05) is 40.7 Å². The molecule has 1 heterocycles. The van der Waals surface area contributed by atoms with Gasteiger partial charge in [0.05, 0.1) is 30.4 Å². The highest BCUT2D eigenvalue weighted by atomic mass is 19.1. The van der Waals surface area contributed by atoms with Crippen LogP contribution in [0.3, 0.4) is 0 Å². The van der Waals surface area contributed by atoms with Gasteiger partial charge in [-0.05, 0) is 78.8 Å². The average Bonchev–Trinajstić information content (AvgIpc) is 3.16. The lowest BCUT2D eigenvalue weighted by atomic mass is 9.85. The number of rotatable bonds is 8. The van der Waals surface area contributed by atoms with Crippen LogP contribution in [0.4, 0.5) is 4.39 Å². The van der Waals surface area contributed by atoms with E-state index in [0.29, 0.717) is 29.0 Å². The number of carbonyl (C=O) groups is 2. The van der Waals surface area contributed by atoms with E-state index in [9.17, 15) is 19.1 Å². The van der Waals surface area contributed by atoms with Crippen LogP contribution in [0.15, 0.2) is 72.3 Å². The van der Waals surface area contributed by atoms with Crippen molar-refractivity contribution >= 4 is 17.4 Å². The van der Waals surface area contributed by atoms with Crippen LogP contribution in [0, 0.1) is 5.82 Å². The fourth-order valence-electron chi connectivity index (χ4n) is 4.86. The third kappa shape index (κ3) is 6.03. The third-order valence-electron chi connectivity index (χ3n) is 6.98. The number of halogens is 1. The van der Waals surface area contributed by atoms with Crippen LogP contribution in [0.1, 0.15) is 62.9 Å². The Morgan fingerprint density at radius 1 is 1.00 bits per heavy atom. The Morgan fingerprint density at radius 2 is 1.65 bits per heavy atom. The molecule has 7 heteroatoms. The molecule has 3 aromatic carbocycles. The molecular weight excluding hydrogens is 509 g/mol. The first-order chi connectivity index (χ1) is 18.9. The standard InChI is InChI=1S/C33H36FNO5/c1-20(2)40-25-14-9-22(10-15-25)29-28(30(36)26-19-23(33(3,4)5)11-16-27(26)39-6)31(37)32(38)35(29)18-17-21-7-12-24(34)13-8-21/h7-16,19-20,29,36H,17-18H2,1-6H3/b30-28+. The minimum Gasteiger partial charge on any atom is -0.507 e. The number of hydrogen-bond acceptors (Lipinski definition) is 5. The molecule has 0 saturated carbocycles. The van der Waals surface area contributed by atoms with Crippen molar-refractivity contribution in [2.24, 2.45) is 0 Å². The Balaban J connectivity index is 1.84. The zero-order valence-electron chi connectivity index (χ0n) is 23.8. The minimum atomic E-state index is -0.837. The van der Waals surface area contributed by atoms with Crippen molar-refractivity contribution in [2.75, 3.05) is 13.7 Å². The van der Waals surface area contributed by atoms with Crippen LogP contribution in [0.5, 0.6) is 11.5 Å². The summed E-state index contributed by atoms with van der Waals surface area (Å²) >= 11 is 0. The van der Waals surface area contributed by atoms with Crippen LogP contribution >= 0.6 is 0 Å². The Hall–Kier alpha value is -4.13. The summed E-state index contributed by atoms with van der Waals surface area (Å²) in [5.74, 6) is -1.07. The molecule has 1 fully saturated rings. The highest BCUT2D eigenvalue weighted by molar-refractivity contribution is 6.46. The topological polar surface area (TPSA) is 76.1 Å². The summed E-state index contributed by atoms with van der Waals surface area (Å²) in [6.07, 6.45) is 0.385. The van der Waals surface area contributed by atoms with Gasteiger partial charge >= 0.3 is 0 Å². The maximum absolute atomic E-state index is 13.5. The second-order valence-electron chi connectivity index (χ2n) is 11.3. The van der Waals surface area contributed by atoms with Crippen LogP contribution in [-0.2, 0) is 21.4 Å². The van der Waals surface area contributed by atoms with E-state index in [2.05, 4.69) is 0 Å². The quantitative estimate of drug-likeness (QED) is 0.197. The smallest absolute Gasteiger partial charge is 0.295 e. The lowest BCUT2D eigenvalue weighted by Gasteiger charge is -2.26. The number of amides is 1. The molecule has 1 aliphatic rings. The van der Waals surface area contributed by atoms with Crippen molar-refractivity contribution < 1.29 is 28.6 Å². The van der Waals surface area contributed by atoms with E-state index in [-0.39, 0.29) is 35.2 Å². The van der Waals surface area contributed by atoms with Gasteiger partial charge in [0.15, 0.2) is 0 Å². The number of benzene rings is 3. The largest absolute Gasteiger partial charge is 0.507 e. The van der Waals surface area contributed by atoms with E-state index in [4.69, 9.17) is 9.47 Å². The lowest BCUT2D eigenvalue weighted by molar-refractivity contribution is -0.139. The van der Waals surface area contributed by atoms with Gasteiger partial charge in [-0.25, -0.2) is 4.39 Å². The Labute approximate surface area is 235 Å². The van der Waals surface area contributed by atoms with Gasteiger partial charge < -0.3 is 19.5 Å². The van der Waals surface area contributed by atoms with Crippen LogP contribution in [-0.4, -0.2) is 41.5 Å². The predicted octanol–water partition coefficient (Wildman–Crippen LogP) is 6.58. The molecule has 1 N–H and O–H groups in total. The van der Waals surface area contributed by atoms with E-state index in [0.717, 1.165) is 11.1 Å². The van der Waals surface area contributed by atoms with Crippen molar-refractivity contribution in [3.8, 4) is 11.5 Å². The molecule has 3 aromatic rings. The molecule has 0 spiro atoms. The highest BCUT2D eigenvalue weighted by Gasteiger charge is 2.46. The number of aliphatic hydroxyl groups is 1. The second-order valence-corrected chi connectivity index (χ2v) is 11.3. The normalized spacial score (nSPS) is 17.0. The van der Waals surface area contributed by atoms with E-state index < -0.39 is 17.7 Å². The summed E-state index contributed by atoms with van der Waals surface area (Å²) in [6.45, 7) is 10.2. The number of ether oxygens (including phenoxy) is 2. The predicted molar refractivity (Wildman–Crippen MR) is 153 cm³/mol. The van der Waals surface area contributed by atoms with Gasteiger partial charge in [-0.3, -0.25) is 9.59 Å². The molecule has 1 amide bonds. The van der Waals surface area contributed by atoms with Crippen molar-refractivity contribution in [3.05, 3.63) is 100 Å². The summed E-state index contributed by atoms with van der Waals surface area (Å²) in [5, 5.41) is 11.7. The molecule has 0 radical (unpaired) electrons. The van der Waals surface area contributed by atoms with Crippen molar-refractivity contribution in [1.29, 1.82) is 0 Å². The fourth-order valence-corrected chi connectivity index (χ4v) is 4.86. The zero-order chi connectivity index (χ0) is 29.2. The fraction of sp³-hybridized carbons (Fsp3) is 0.333. The zero-order valence-corrected chi connectivity index (χ0v) is 23.8. The first-order valence-corrected chi connectivity index (χ1v) is 13.4. The summed E-state index contributed by atoms with van der Waals surface area (Å²) in [5.41, 5.74) is 2.52. The van der Waals surface area contributed by atoms with Gasteiger partial charge in [0.1, 0.15) is 23.1 Å². The molecule has 210 valence electrons. The van der Waals surface area contributed by atoms with Gasteiger partial charge in [0.2, 0.25) is 0 Å². The minimum absolute atomic E-state index is 0.00834. The number of Topliss-reactive ketones (excluding diaryl/α,β-unsaturated/α-hetero) is 1. The molecule has 1 unspecified atom stereocenters. The molecule has 1 aliphatic heterocycles. The van der Waals surface area contributed by atoms with Gasteiger partial charge in [-0.15, -0.1) is 0 Å². The molecule has 40 heavy (non-hydrogen) atoms. The number of carbonyl (C=O) groups excluding carboxylic acids is 2. The number of hydrogen-bond donors (Lipinski definition) is 1. The average molecular weight is 546 g/mol.